The van der Waals surface area contributed by atoms with Crippen LogP contribution in [0.3, 0.4) is 0 Å². The van der Waals surface area contributed by atoms with Crippen molar-refractivity contribution >= 4 is 29.0 Å². The monoisotopic (exact) mass is 496 g/mol. The van der Waals surface area contributed by atoms with Gasteiger partial charge in [-0.05, 0) is 79.8 Å². The van der Waals surface area contributed by atoms with Crippen molar-refractivity contribution in [3.05, 3.63) is 23.8 Å². The number of hydrogen-bond acceptors (Lipinski definition) is 6. The van der Waals surface area contributed by atoms with Crippen LogP contribution in [-0.2, 0) is 19.4 Å². The molecule has 0 heterocycles. The molecule has 3 fully saturated rings. The maximum Gasteiger partial charge on any atom is 0.355 e. The summed E-state index contributed by atoms with van der Waals surface area (Å²) in [5.41, 5.74) is -4.07. The largest absolute Gasteiger partial charge is 0.390 e. The molecule has 9 atom stereocenters. The Morgan fingerprint density at radius 2 is 1.97 bits per heavy atom. The lowest BCUT2D eigenvalue weighted by Gasteiger charge is -2.62. The lowest BCUT2D eigenvalue weighted by molar-refractivity contribution is -0.227. The first-order valence-electron chi connectivity index (χ1n) is 12.3. The van der Waals surface area contributed by atoms with Gasteiger partial charge in [0.2, 0.25) is 5.05 Å². The minimum Gasteiger partial charge on any atom is -0.390 e. The van der Waals surface area contributed by atoms with Gasteiger partial charge in [-0.1, -0.05) is 33.3 Å². The summed E-state index contributed by atoms with van der Waals surface area (Å²) in [5, 5.41) is 11.4. The van der Waals surface area contributed by atoms with Crippen molar-refractivity contribution in [1.29, 1.82) is 0 Å². The zero-order chi connectivity index (χ0) is 25.1. The number of carbonyl (C=O) groups is 2. The lowest BCUT2D eigenvalue weighted by atomic mass is 9.45. The second-order valence-electron chi connectivity index (χ2n) is 11.1. The fraction of sp³-hybridized carbons (Fsp3) is 0.731. The molecule has 8 heteroatoms. The highest BCUT2D eigenvalue weighted by Gasteiger charge is 2.73. The molecule has 4 aliphatic rings. The third-order valence-electron chi connectivity index (χ3n) is 9.17. The number of carbonyl (C=O) groups excluding carboxylic acids is 2. The maximum atomic E-state index is 17.1. The van der Waals surface area contributed by atoms with Crippen molar-refractivity contribution in [1.82, 2.24) is 0 Å². The van der Waals surface area contributed by atoms with E-state index in [4.69, 9.17) is 22.0 Å². The maximum absolute atomic E-state index is 17.1. The molecule has 4 aliphatic carbocycles. The molecular weight excluding hydrogens is 462 g/mol. The Hall–Kier alpha value is -1.67. The van der Waals surface area contributed by atoms with Crippen LogP contribution < -0.4 is 0 Å². The number of alkyl halides is 2. The Morgan fingerprint density at radius 3 is 2.65 bits per heavy atom. The van der Waals surface area contributed by atoms with E-state index in [-0.39, 0.29) is 53.4 Å². The number of hydrogen-bond donors (Lipinski definition) is 1. The number of aliphatic hydroxyl groups is 1. The molecule has 0 spiro atoms. The summed E-state index contributed by atoms with van der Waals surface area (Å²) in [6.07, 6.45) is 3.39. The van der Waals surface area contributed by atoms with E-state index in [9.17, 15) is 14.7 Å². The molecule has 0 aromatic carbocycles. The smallest absolute Gasteiger partial charge is 0.355 e. The predicted molar refractivity (Wildman–Crippen MR) is 126 cm³/mol. The normalized spacial score (nSPS) is 45.0. The molecule has 3 saturated carbocycles. The molecule has 1 N–H and O–H groups in total. The van der Waals surface area contributed by atoms with E-state index in [1.54, 1.807) is 6.92 Å². The van der Waals surface area contributed by atoms with Crippen LogP contribution >= 0.6 is 12.2 Å². The topological polar surface area (TPSA) is 72.8 Å². The summed E-state index contributed by atoms with van der Waals surface area (Å²) >= 11 is 5.52. The number of aliphatic hydroxyl groups excluding tert-OH is 1. The molecule has 0 aliphatic heterocycles. The number of ketones is 1. The fourth-order valence-corrected chi connectivity index (χ4v) is 8.11. The average molecular weight is 497 g/mol. The van der Waals surface area contributed by atoms with Crippen LogP contribution in [0.5, 0.6) is 0 Å². The van der Waals surface area contributed by atoms with Gasteiger partial charge in [0, 0.05) is 17.3 Å². The molecule has 0 aromatic heterocycles. The molecule has 0 unspecified atom stereocenters. The molecular formula is C26H34F2O5S. The Kier molecular flexibility index (Phi) is 6.56. The van der Waals surface area contributed by atoms with E-state index in [0.29, 0.717) is 12.8 Å². The van der Waals surface area contributed by atoms with E-state index >= 15 is 8.78 Å². The van der Waals surface area contributed by atoms with E-state index in [1.165, 1.54) is 18.2 Å². The number of thiocarbonyl (C=S) groups is 1. The van der Waals surface area contributed by atoms with Crippen LogP contribution in [-0.4, -0.2) is 39.9 Å². The van der Waals surface area contributed by atoms with Gasteiger partial charge >= 0.3 is 5.97 Å². The van der Waals surface area contributed by atoms with Gasteiger partial charge in [0.1, 0.15) is 6.17 Å². The van der Waals surface area contributed by atoms with E-state index in [1.807, 2.05) is 20.8 Å². The molecule has 5 nitrogen and oxygen atoms in total. The van der Waals surface area contributed by atoms with Crippen molar-refractivity contribution in [2.24, 2.45) is 34.5 Å². The van der Waals surface area contributed by atoms with Crippen molar-refractivity contribution in [2.45, 2.75) is 84.2 Å². The minimum absolute atomic E-state index is 0.0299. The standard InChI is InChI=1S/C26H34F2O5S/c1-5-6-7-21(31)32-33-23(34)22-14(2)10-16-17-12-19(27)18-11-15(29)8-9-25(18,4)26(17,28)20(30)13-24(16,22)3/h8-9,11,14,16-17,19-20,22,30H,5-7,10,12-13H2,1-4H3/t14-,16+,17+,19+,20+,22-,24+,25+,26+/m1/s1. The van der Waals surface area contributed by atoms with Crippen LogP contribution in [0.2, 0.25) is 0 Å². The van der Waals surface area contributed by atoms with Gasteiger partial charge in [0.15, 0.2) is 11.5 Å². The highest BCUT2D eigenvalue weighted by Crippen LogP contribution is 2.70. The van der Waals surface area contributed by atoms with Gasteiger partial charge in [-0.2, -0.15) is 0 Å². The molecule has 0 radical (unpaired) electrons. The third-order valence-corrected chi connectivity index (χ3v) is 9.50. The Balaban J connectivity index is 1.63. The first-order chi connectivity index (χ1) is 15.9. The van der Waals surface area contributed by atoms with Crippen molar-refractivity contribution in [3.8, 4) is 0 Å². The third kappa shape index (κ3) is 3.58. The summed E-state index contributed by atoms with van der Waals surface area (Å²) in [4.78, 5) is 34.0. The first-order valence-corrected chi connectivity index (χ1v) is 12.7. The van der Waals surface area contributed by atoms with Crippen LogP contribution in [0.25, 0.3) is 0 Å². The average Bonchev–Trinajstić information content (AvgIpc) is 3.03. The SMILES string of the molecule is CCCCC(=O)OOC(=S)[C@H]1[C@H](C)C[C@H]2[C@@H]3C[C@H](F)C4=CC(=O)C=C[C@]4(C)[C@@]3(F)[C@@H](O)C[C@@]21C. The first kappa shape index (κ1) is 25.4. The van der Waals surface area contributed by atoms with E-state index in [2.05, 4.69) is 0 Å². The fourth-order valence-electron chi connectivity index (χ4n) is 7.58. The van der Waals surface area contributed by atoms with E-state index < -0.39 is 40.7 Å². The Morgan fingerprint density at radius 1 is 1.26 bits per heavy atom. The minimum atomic E-state index is -2.12. The quantitative estimate of drug-likeness (QED) is 0.329. The summed E-state index contributed by atoms with van der Waals surface area (Å²) in [7, 11) is 0. The van der Waals surface area contributed by atoms with Crippen LogP contribution in [0.1, 0.15) is 66.2 Å². The summed E-state index contributed by atoms with van der Waals surface area (Å²) in [5.74, 6) is -2.28. The van der Waals surface area contributed by atoms with Gasteiger partial charge in [-0.15, -0.1) is 0 Å². The van der Waals surface area contributed by atoms with Crippen LogP contribution in [0, 0.1) is 34.5 Å². The predicted octanol–water partition coefficient (Wildman–Crippen LogP) is 5.16. The number of rotatable bonds is 4. The van der Waals surface area contributed by atoms with Gasteiger partial charge in [-0.25, -0.2) is 18.5 Å². The van der Waals surface area contributed by atoms with Gasteiger partial charge in [-0.3, -0.25) is 9.68 Å². The number of halogens is 2. The summed E-state index contributed by atoms with van der Waals surface area (Å²) in [6, 6.07) is 0. The second kappa shape index (κ2) is 8.77. The molecule has 0 saturated heterocycles. The molecule has 0 aromatic rings. The molecule has 34 heavy (non-hydrogen) atoms. The zero-order valence-electron chi connectivity index (χ0n) is 20.2. The molecule has 0 bridgehead atoms. The number of fused-ring (bicyclic) bond motifs is 5. The van der Waals surface area contributed by atoms with Gasteiger partial charge in [0.05, 0.1) is 12.5 Å². The van der Waals surface area contributed by atoms with Crippen molar-refractivity contribution in [3.63, 3.8) is 0 Å². The molecule has 188 valence electrons. The summed E-state index contributed by atoms with van der Waals surface area (Å²) in [6.45, 7) is 7.49. The van der Waals surface area contributed by atoms with Crippen molar-refractivity contribution < 1.29 is 33.3 Å². The van der Waals surface area contributed by atoms with Crippen molar-refractivity contribution in [2.75, 3.05) is 0 Å². The number of unbranched alkanes of at least 4 members (excludes halogenated alkanes) is 1. The lowest BCUT2D eigenvalue weighted by Crippen LogP contribution is -2.68. The van der Waals surface area contributed by atoms with E-state index in [0.717, 1.165) is 6.42 Å². The van der Waals surface area contributed by atoms with Crippen LogP contribution in [0.15, 0.2) is 23.8 Å². The van der Waals surface area contributed by atoms with Gasteiger partial charge < -0.3 is 5.11 Å². The highest BCUT2D eigenvalue weighted by molar-refractivity contribution is 7.80. The second-order valence-corrected chi connectivity index (χ2v) is 11.5. The van der Waals surface area contributed by atoms with Gasteiger partial charge in [0.25, 0.3) is 0 Å². The zero-order valence-corrected chi connectivity index (χ0v) is 21.0. The Labute approximate surface area is 204 Å². The Bertz CT molecular complexity index is 949. The highest BCUT2D eigenvalue weighted by atomic mass is 32.1. The molecule has 0 amide bonds. The van der Waals surface area contributed by atoms with Crippen LogP contribution in [0.4, 0.5) is 8.78 Å². The summed E-state index contributed by atoms with van der Waals surface area (Å²) < 4.78 is 32.6. The number of allylic oxidation sites excluding steroid dienone is 4. The molecule has 4 rings (SSSR count).